The smallest absolute Gasteiger partial charge is 0.173 e. The summed E-state index contributed by atoms with van der Waals surface area (Å²) < 4.78 is 1.95. The number of benzene rings is 2. The number of H-pyrrole nitrogens is 1. The molecule has 2 aromatic carbocycles. The molecule has 7 heteroatoms. The average Bonchev–Trinajstić information content (AvgIpc) is 3.35. The lowest BCUT2D eigenvalue weighted by molar-refractivity contribution is 0.401. The zero-order valence-electron chi connectivity index (χ0n) is 15.1. The van der Waals surface area contributed by atoms with E-state index in [1.165, 1.54) is 11.8 Å². The molecule has 2 N–H and O–H groups in total. The van der Waals surface area contributed by atoms with Crippen molar-refractivity contribution in [2.75, 3.05) is 0 Å². The summed E-state index contributed by atoms with van der Waals surface area (Å²) in [6.45, 7) is 1.84. The van der Waals surface area contributed by atoms with Crippen molar-refractivity contribution < 1.29 is 5.11 Å². The first kappa shape index (κ1) is 17.9. The number of allylic oxidation sites excluding steroid dienone is 1. The van der Waals surface area contributed by atoms with Gasteiger partial charge in [-0.1, -0.05) is 42.1 Å². The summed E-state index contributed by atoms with van der Waals surface area (Å²) >= 11 is 1.38. The number of nitrogens with one attached hydrogen (secondary N) is 1. The normalized spacial score (nSPS) is 13.1. The zero-order valence-corrected chi connectivity index (χ0v) is 15.9. The van der Waals surface area contributed by atoms with Crippen LogP contribution in [0, 0.1) is 11.3 Å². The van der Waals surface area contributed by atoms with Crippen LogP contribution in [0.2, 0.25) is 0 Å². The molecule has 6 nitrogen and oxygen atoms in total. The Hall–Kier alpha value is -3.50. The molecule has 0 spiro atoms. The topological polar surface area (TPSA) is 90.5 Å². The first-order valence-electron chi connectivity index (χ1n) is 8.71. The van der Waals surface area contributed by atoms with E-state index in [-0.39, 0.29) is 16.6 Å². The van der Waals surface area contributed by atoms with E-state index in [0.29, 0.717) is 5.82 Å². The van der Waals surface area contributed by atoms with E-state index in [2.05, 4.69) is 21.0 Å². The Bertz CT molecular complexity index is 1150. The number of aromatic nitrogens is 4. The number of nitriles is 1. The van der Waals surface area contributed by atoms with Crippen molar-refractivity contribution in [2.24, 2.45) is 0 Å². The van der Waals surface area contributed by atoms with Crippen molar-refractivity contribution in [1.82, 2.24) is 19.5 Å². The Balaban J connectivity index is 1.65. The highest BCUT2D eigenvalue weighted by Crippen LogP contribution is 2.31. The zero-order chi connectivity index (χ0) is 19.5. The fraction of sp³-hybridized carbons (Fsp3) is 0.0952. The molecule has 0 aliphatic heterocycles. The number of hydrogen-bond acceptors (Lipinski definition) is 5. The van der Waals surface area contributed by atoms with Gasteiger partial charge in [-0.05, 0) is 31.2 Å². The third-order valence-corrected chi connectivity index (χ3v) is 5.39. The molecule has 0 aliphatic rings. The molecular formula is C21H17N5OS. The van der Waals surface area contributed by atoms with Crippen molar-refractivity contribution in [3.63, 3.8) is 0 Å². The predicted octanol–water partition coefficient (Wildman–Crippen LogP) is 4.72. The van der Waals surface area contributed by atoms with Crippen LogP contribution in [0.4, 0.5) is 0 Å². The molecule has 28 heavy (non-hydrogen) atoms. The number of rotatable bonds is 5. The van der Waals surface area contributed by atoms with Crippen LogP contribution in [-0.2, 0) is 0 Å². The first-order chi connectivity index (χ1) is 13.7. The largest absolute Gasteiger partial charge is 0.510 e. The monoisotopic (exact) mass is 387 g/mol. The number of imidazole rings is 2. The number of hydrogen-bond donors (Lipinski definition) is 2. The van der Waals surface area contributed by atoms with Crippen molar-refractivity contribution in [3.05, 3.63) is 78.6 Å². The van der Waals surface area contributed by atoms with Gasteiger partial charge < -0.3 is 10.1 Å². The van der Waals surface area contributed by atoms with E-state index in [4.69, 9.17) is 0 Å². The average molecular weight is 387 g/mol. The third kappa shape index (κ3) is 3.38. The van der Waals surface area contributed by atoms with Crippen LogP contribution < -0.4 is 0 Å². The first-order valence-corrected chi connectivity index (χ1v) is 9.59. The second-order valence-corrected chi connectivity index (χ2v) is 7.46. The molecule has 1 unspecified atom stereocenters. The number of aromatic amines is 1. The summed E-state index contributed by atoms with van der Waals surface area (Å²) in [7, 11) is 0. The summed E-state index contributed by atoms with van der Waals surface area (Å²) in [5.74, 6) is 0.328. The number of para-hydroxylation sites is 3. The van der Waals surface area contributed by atoms with Gasteiger partial charge in [0.15, 0.2) is 11.0 Å². The molecule has 0 saturated heterocycles. The number of nitrogens with zero attached hydrogens (tertiary/aromatic N) is 4. The van der Waals surface area contributed by atoms with E-state index in [1.807, 2.05) is 72.3 Å². The molecule has 0 bridgehead atoms. The minimum absolute atomic E-state index is 0.0332. The van der Waals surface area contributed by atoms with Crippen molar-refractivity contribution >= 4 is 28.4 Å². The Labute approximate surface area is 166 Å². The number of thioether (sulfide) groups is 1. The summed E-state index contributed by atoms with van der Waals surface area (Å²) in [4.78, 5) is 11.9. The quantitative estimate of drug-likeness (QED) is 0.294. The van der Waals surface area contributed by atoms with Gasteiger partial charge in [-0.2, -0.15) is 5.26 Å². The van der Waals surface area contributed by atoms with Gasteiger partial charge in [-0.3, -0.25) is 4.57 Å². The molecule has 0 radical (unpaired) electrons. The van der Waals surface area contributed by atoms with Crippen LogP contribution in [0.5, 0.6) is 0 Å². The Morgan fingerprint density at radius 2 is 1.93 bits per heavy atom. The van der Waals surface area contributed by atoms with Crippen LogP contribution in [0.15, 0.2) is 77.9 Å². The second kappa shape index (κ2) is 7.62. The molecule has 138 valence electrons. The molecule has 1 atom stereocenters. The summed E-state index contributed by atoms with van der Waals surface area (Å²) in [5.41, 5.74) is 2.68. The van der Waals surface area contributed by atoms with Gasteiger partial charge in [0.25, 0.3) is 0 Å². The molecule has 0 aliphatic carbocycles. The van der Waals surface area contributed by atoms with Gasteiger partial charge in [-0.25, -0.2) is 9.97 Å². The predicted molar refractivity (Wildman–Crippen MR) is 110 cm³/mol. The number of aliphatic hydroxyl groups excluding tert-OH is 1. The minimum Gasteiger partial charge on any atom is -0.510 e. The van der Waals surface area contributed by atoms with Crippen molar-refractivity contribution in [2.45, 2.75) is 17.3 Å². The maximum Gasteiger partial charge on any atom is 0.173 e. The lowest BCUT2D eigenvalue weighted by Gasteiger charge is -2.13. The van der Waals surface area contributed by atoms with E-state index in [9.17, 15) is 10.4 Å². The Kier molecular flexibility index (Phi) is 4.87. The summed E-state index contributed by atoms with van der Waals surface area (Å²) in [6, 6.07) is 19.4. The Morgan fingerprint density at radius 1 is 1.18 bits per heavy atom. The minimum atomic E-state index is -0.382. The lowest BCUT2D eigenvalue weighted by Crippen LogP contribution is -2.07. The van der Waals surface area contributed by atoms with Gasteiger partial charge in [-0.15, -0.1) is 0 Å². The fourth-order valence-electron chi connectivity index (χ4n) is 2.88. The number of fused-ring (bicyclic) bond motifs is 1. The molecule has 4 aromatic rings. The van der Waals surface area contributed by atoms with Crippen LogP contribution in [0.1, 0.15) is 12.7 Å². The highest BCUT2D eigenvalue weighted by atomic mass is 32.2. The SMILES string of the molecule is CC(Sc1nccn1-c1ccccc1)/C(O)=C(\C#N)c1nc2ccccc2[nH]1. The molecule has 0 fully saturated rings. The fourth-order valence-corrected chi connectivity index (χ4v) is 3.83. The van der Waals surface area contributed by atoms with Crippen LogP contribution >= 0.6 is 11.8 Å². The summed E-state index contributed by atoms with van der Waals surface area (Å²) in [5, 5.41) is 20.7. The Morgan fingerprint density at radius 3 is 2.68 bits per heavy atom. The lowest BCUT2D eigenvalue weighted by atomic mass is 10.2. The van der Waals surface area contributed by atoms with Crippen LogP contribution in [0.25, 0.3) is 22.3 Å². The third-order valence-electron chi connectivity index (χ3n) is 4.30. The van der Waals surface area contributed by atoms with Gasteiger partial charge in [0, 0.05) is 18.1 Å². The maximum absolute atomic E-state index is 10.8. The van der Waals surface area contributed by atoms with E-state index < -0.39 is 0 Å². The van der Waals surface area contributed by atoms with Crippen molar-refractivity contribution in [3.8, 4) is 11.8 Å². The van der Waals surface area contributed by atoms with Crippen LogP contribution in [0.3, 0.4) is 0 Å². The molecular weight excluding hydrogens is 370 g/mol. The molecule has 0 amide bonds. The summed E-state index contributed by atoms with van der Waals surface area (Å²) in [6.07, 6.45) is 3.59. The molecule has 0 saturated carbocycles. The highest BCUT2D eigenvalue weighted by molar-refractivity contribution is 7.99. The molecule has 2 heterocycles. The van der Waals surface area contributed by atoms with Gasteiger partial charge in [0.2, 0.25) is 0 Å². The standard InChI is InChI=1S/C21H17N5OS/c1-14(28-21-23-11-12-26(21)15-7-3-2-4-8-15)19(27)16(13-22)20-24-17-9-5-6-10-18(17)25-20/h2-12,14,27H,1H3,(H,24,25)/b19-16-. The highest BCUT2D eigenvalue weighted by Gasteiger charge is 2.21. The van der Waals surface area contributed by atoms with Crippen molar-refractivity contribution in [1.29, 1.82) is 5.26 Å². The van der Waals surface area contributed by atoms with Crippen LogP contribution in [-0.4, -0.2) is 29.9 Å². The maximum atomic E-state index is 10.8. The van der Waals surface area contributed by atoms with E-state index in [1.54, 1.807) is 6.20 Å². The van der Waals surface area contributed by atoms with Gasteiger partial charge >= 0.3 is 0 Å². The van der Waals surface area contributed by atoms with E-state index >= 15 is 0 Å². The van der Waals surface area contributed by atoms with Gasteiger partial charge in [0.05, 0.1) is 16.3 Å². The van der Waals surface area contributed by atoms with Gasteiger partial charge in [0.1, 0.15) is 17.4 Å². The number of aliphatic hydroxyl groups is 1. The molecule has 4 rings (SSSR count). The molecule has 2 aromatic heterocycles. The van der Waals surface area contributed by atoms with E-state index in [0.717, 1.165) is 21.9 Å². The second-order valence-electron chi connectivity index (χ2n) is 6.15.